The summed E-state index contributed by atoms with van der Waals surface area (Å²) in [6.45, 7) is 9.78. The average molecular weight is 389 g/mol. The zero-order chi connectivity index (χ0) is 19.9. The van der Waals surface area contributed by atoms with Crippen LogP contribution in [0.4, 0.5) is 11.4 Å². The van der Waals surface area contributed by atoms with Gasteiger partial charge in [0.05, 0.1) is 16.2 Å². The van der Waals surface area contributed by atoms with Gasteiger partial charge < -0.3 is 4.90 Å². The molecule has 142 valence electrons. The van der Waals surface area contributed by atoms with Gasteiger partial charge in [-0.05, 0) is 56.9 Å². The Hall–Kier alpha value is -2.58. The topological polar surface area (TPSA) is 15.6 Å². The second-order valence-electron chi connectivity index (χ2n) is 7.87. The summed E-state index contributed by atoms with van der Waals surface area (Å²) in [6, 6.07) is 18.7. The van der Waals surface area contributed by atoms with E-state index in [1.807, 2.05) is 30.5 Å². The molecule has 3 aromatic rings. The number of fused-ring (bicyclic) bond motifs is 2. The van der Waals surface area contributed by atoms with E-state index in [0.717, 1.165) is 28.2 Å². The summed E-state index contributed by atoms with van der Waals surface area (Å²) >= 11 is 6.67. The lowest BCUT2D eigenvalue weighted by atomic mass is 9.88. The first-order valence-electron chi connectivity index (χ1n) is 9.73. The van der Waals surface area contributed by atoms with Crippen molar-refractivity contribution >= 4 is 45.5 Å². The van der Waals surface area contributed by atoms with Crippen molar-refractivity contribution in [2.24, 2.45) is 4.99 Å². The third-order valence-corrected chi connectivity index (χ3v) is 5.85. The van der Waals surface area contributed by atoms with Crippen LogP contribution in [0.5, 0.6) is 0 Å². The number of benzene rings is 3. The number of allylic oxidation sites excluding steroid dienone is 1. The first-order chi connectivity index (χ1) is 13.4. The summed E-state index contributed by atoms with van der Waals surface area (Å²) in [7, 11) is 0. The predicted molar refractivity (Wildman–Crippen MR) is 123 cm³/mol. The Bertz CT molecular complexity index is 1100. The quantitative estimate of drug-likeness (QED) is 0.431. The lowest BCUT2D eigenvalue weighted by Gasteiger charge is -2.43. The molecular formula is C25H25ClN2. The van der Waals surface area contributed by atoms with Gasteiger partial charge in [0.15, 0.2) is 0 Å². The summed E-state index contributed by atoms with van der Waals surface area (Å²) < 4.78 is 0. The number of aliphatic imine (C=N–C) groups is 1. The molecule has 4 rings (SSSR count). The molecule has 3 heteroatoms. The summed E-state index contributed by atoms with van der Waals surface area (Å²) in [6.07, 6.45) is 4.21. The molecule has 0 saturated heterocycles. The number of likely N-dealkylation sites (N-methyl/N-ethyl adjacent to an activating group) is 1. The Morgan fingerprint density at radius 3 is 2.61 bits per heavy atom. The van der Waals surface area contributed by atoms with Crippen molar-refractivity contribution in [3.05, 3.63) is 76.8 Å². The fraction of sp³-hybridized carbons (Fsp3) is 0.240. The number of halogens is 1. The van der Waals surface area contributed by atoms with Gasteiger partial charge in [0.2, 0.25) is 0 Å². The Morgan fingerprint density at radius 2 is 1.82 bits per heavy atom. The third kappa shape index (κ3) is 3.22. The first kappa shape index (κ1) is 18.8. The molecule has 0 aliphatic carbocycles. The van der Waals surface area contributed by atoms with Gasteiger partial charge in [-0.15, -0.1) is 0 Å². The van der Waals surface area contributed by atoms with Crippen LogP contribution in [0.15, 0.2) is 65.7 Å². The van der Waals surface area contributed by atoms with Crippen LogP contribution in [0.3, 0.4) is 0 Å². The van der Waals surface area contributed by atoms with Gasteiger partial charge in [-0.25, -0.2) is 0 Å². The maximum atomic E-state index is 6.67. The number of hydrogen-bond acceptors (Lipinski definition) is 2. The van der Waals surface area contributed by atoms with E-state index in [2.05, 4.69) is 69.0 Å². The number of nitrogens with zero attached hydrogens (tertiary/aromatic N) is 2. The Balaban J connectivity index is 1.78. The lowest BCUT2D eigenvalue weighted by molar-refractivity contribution is 0.566. The first-order valence-corrected chi connectivity index (χ1v) is 10.1. The monoisotopic (exact) mass is 388 g/mol. The highest BCUT2D eigenvalue weighted by atomic mass is 35.5. The molecule has 0 saturated carbocycles. The van der Waals surface area contributed by atoms with Crippen LogP contribution in [0.2, 0.25) is 5.02 Å². The minimum atomic E-state index is -0.0201. The van der Waals surface area contributed by atoms with Gasteiger partial charge in [-0.2, -0.15) is 0 Å². The summed E-state index contributed by atoms with van der Waals surface area (Å²) in [4.78, 5) is 7.16. The van der Waals surface area contributed by atoms with Crippen LogP contribution in [-0.4, -0.2) is 18.3 Å². The lowest BCUT2D eigenvalue weighted by Crippen LogP contribution is -2.44. The molecule has 0 atom stereocenters. The molecule has 0 N–H and O–H groups in total. The molecule has 1 heterocycles. The predicted octanol–water partition coefficient (Wildman–Crippen LogP) is 7.27. The molecular weight excluding hydrogens is 364 g/mol. The van der Waals surface area contributed by atoms with Crippen LogP contribution in [0.1, 0.15) is 38.8 Å². The van der Waals surface area contributed by atoms with Crippen molar-refractivity contribution in [2.45, 2.75) is 33.2 Å². The average Bonchev–Trinajstić information content (AvgIpc) is 2.66. The molecule has 1 aliphatic heterocycles. The second-order valence-corrected chi connectivity index (χ2v) is 8.28. The molecule has 0 spiro atoms. The summed E-state index contributed by atoms with van der Waals surface area (Å²) in [5.41, 5.74) is 5.58. The number of anilines is 1. The Kier molecular flexibility index (Phi) is 4.76. The van der Waals surface area contributed by atoms with Gasteiger partial charge in [-0.3, -0.25) is 4.99 Å². The fourth-order valence-corrected chi connectivity index (χ4v) is 4.46. The van der Waals surface area contributed by atoms with Crippen molar-refractivity contribution in [2.75, 3.05) is 11.4 Å². The number of hydrogen-bond donors (Lipinski definition) is 0. The molecule has 0 aromatic heterocycles. The minimum absolute atomic E-state index is 0.0201. The van der Waals surface area contributed by atoms with Crippen LogP contribution >= 0.6 is 11.6 Å². The molecule has 1 aliphatic rings. The van der Waals surface area contributed by atoms with Gasteiger partial charge in [0.25, 0.3) is 0 Å². The SMILES string of the molecule is CCN1c2cc(Cl)c(C=Nc3cccc4ccccc34)cc2C(C)=CC1(C)C. The standard InChI is InChI=1S/C25H25ClN2/c1-5-28-24-14-22(26)19(13-21(24)17(2)15-25(28,3)4)16-27-23-12-8-10-18-9-6-7-11-20(18)23/h6-16H,5H2,1-4H3. The normalized spacial score (nSPS) is 15.8. The fourth-order valence-electron chi connectivity index (χ4n) is 4.25. The number of rotatable bonds is 3. The third-order valence-electron chi connectivity index (χ3n) is 5.52. The highest BCUT2D eigenvalue weighted by Crippen LogP contribution is 2.41. The van der Waals surface area contributed by atoms with Crippen molar-refractivity contribution in [3.8, 4) is 0 Å². The summed E-state index contributed by atoms with van der Waals surface area (Å²) in [5, 5.41) is 3.06. The Labute approximate surface area is 172 Å². The summed E-state index contributed by atoms with van der Waals surface area (Å²) in [5.74, 6) is 0. The maximum Gasteiger partial charge on any atom is 0.0708 e. The van der Waals surface area contributed by atoms with E-state index in [4.69, 9.17) is 16.6 Å². The van der Waals surface area contributed by atoms with Crippen molar-refractivity contribution < 1.29 is 0 Å². The molecule has 0 radical (unpaired) electrons. The largest absolute Gasteiger partial charge is 0.363 e. The van der Waals surface area contributed by atoms with Gasteiger partial charge >= 0.3 is 0 Å². The van der Waals surface area contributed by atoms with E-state index in [1.165, 1.54) is 22.2 Å². The van der Waals surface area contributed by atoms with Crippen LogP contribution in [0.25, 0.3) is 16.3 Å². The van der Waals surface area contributed by atoms with Gasteiger partial charge in [0.1, 0.15) is 0 Å². The minimum Gasteiger partial charge on any atom is -0.363 e. The molecule has 2 nitrogen and oxygen atoms in total. The van der Waals surface area contributed by atoms with Gasteiger partial charge in [0, 0.05) is 35.0 Å². The van der Waals surface area contributed by atoms with E-state index in [0.29, 0.717) is 0 Å². The van der Waals surface area contributed by atoms with Crippen molar-refractivity contribution in [1.29, 1.82) is 0 Å². The van der Waals surface area contributed by atoms with E-state index >= 15 is 0 Å². The molecule has 28 heavy (non-hydrogen) atoms. The highest BCUT2D eigenvalue weighted by molar-refractivity contribution is 6.33. The van der Waals surface area contributed by atoms with Crippen LogP contribution < -0.4 is 4.90 Å². The molecule has 0 amide bonds. The van der Waals surface area contributed by atoms with E-state index in [9.17, 15) is 0 Å². The van der Waals surface area contributed by atoms with Crippen LogP contribution in [0, 0.1) is 0 Å². The van der Waals surface area contributed by atoms with Crippen LogP contribution in [-0.2, 0) is 0 Å². The molecule has 0 fully saturated rings. The van der Waals surface area contributed by atoms with Crippen molar-refractivity contribution in [1.82, 2.24) is 0 Å². The Morgan fingerprint density at radius 1 is 1.07 bits per heavy atom. The molecule has 3 aromatic carbocycles. The zero-order valence-electron chi connectivity index (χ0n) is 16.8. The van der Waals surface area contributed by atoms with E-state index < -0.39 is 0 Å². The van der Waals surface area contributed by atoms with Crippen molar-refractivity contribution in [3.63, 3.8) is 0 Å². The second kappa shape index (κ2) is 7.10. The maximum absolute atomic E-state index is 6.67. The molecule has 0 bridgehead atoms. The van der Waals surface area contributed by atoms with E-state index in [1.54, 1.807) is 0 Å². The smallest absolute Gasteiger partial charge is 0.0708 e. The van der Waals surface area contributed by atoms with E-state index in [-0.39, 0.29) is 5.54 Å². The molecule has 0 unspecified atom stereocenters. The van der Waals surface area contributed by atoms with Gasteiger partial charge in [-0.1, -0.05) is 54.1 Å². The highest BCUT2D eigenvalue weighted by Gasteiger charge is 2.30. The zero-order valence-corrected chi connectivity index (χ0v) is 17.6.